The normalized spacial score (nSPS) is 10.4. The Labute approximate surface area is 82.3 Å². The van der Waals surface area contributed by atoms with Crippen LogP contribution in [0.5, 0.6) is 0 Å². The van der Waals surface area contributed by atoms with Crippen molar-refractivity contribution in [2.24, 2.45) is 5.73 Å². The van der Waals surface area contributed by atoms with Crippen LogP contribution in [0.15, 0.2) is 36.4 Å². The Hall–Kier alpha value is -1.83. The van der Waals surface area contributed by atoms with Gasteiger partial charge in [-0.3, -0.25) is 4.79 Å². The molecule has 2 heteroatoms. The molecule has 2 nitrogen and oxygen atoms in total. The maximum Gasteiger partial charge on any atom is 0.249 e. The fourth-order valence-corrected chi connectivity index (χ4v) is 1.73. The predicted molar refractivity (Wildman–Crippen MR) is 57.2 cm³/mol. The van der Waals surface area contributed by atoms with Crippen LogP contribution in [-0.4, -0.2) is 5.91 Å². The number of carbonyl (C=O) groups is 1. The fraction of sp³-hybridized carbons (Fsp3) is 0.0833. The van der Waals surface area contributed by atoms with Crippen molar-refractivity contribution in [2.45, 2.75) is 6.92 Å². The molecule has 0 fully saturated rings. The Morgan fingerprint density at radius 2 is 1.79 bits per heavy atom. The van der Waals surface area contributed by atoms with Gasteiger partial charge in [-0.05, 0) is 29.3 Å². The molecule has 70 valence electrons. The first-order valence-corrected chi connectivity index (χ1v) is 4.48. The quantitative estimate of drug-likeness (QED) is 0.727. The first-order valence-electron chi connectivity index (χ1n) is 4.48. The summed E-state index contributed by atoms with van der Waals surface area (Å²) < 4.78 is 0. The van der Waals surface area contributed by atoms with Crippen LogP contribution in [0.2, 0.25) is 0 Å². The molecule has 2 aromatic rings. The Morgan fingerprint density at radius 1 is 1.14 bits per heavy atom. The third-order valence-corrected chi connectivity index (χ3v) is 2.38. The Morgan fingerprint density at radius 3 is 2.43 bits per heavy atom. The number of hydrogen-bond donors (Lipinski definition) is 1. The van der Waals surface area contributed by atoms with Gasteiger partial charge in [0.2, 0.25) is 5.91 Å². The van der Waals surface area contributed by atoms with Crippen molar-refractivity contribution >= 4 is 16.7 Å². The van der Waals surface area contributed by atoms with E-state index >= 15 is 0 Å². The SMILES string of the molecule is Cc1cccc2cccc(C(N)=O)c12. The van der Waals surface area contributed by atoms with E-state index in [-0.39, 0.29) is 5.91 Å². The summed E-state index contributed by atoms with van der Waals surface area (Å²) in [5.41, 5.74) is 6.99. The van der Waals surface area contributed by atoms with Crippen molar-refractivity contribution < 1.29 is 4.79 Å². The van der Waals surface area contributed by atoms with Crippen LogP contribution in [0.3, 0.4) is 0 Å². The molecular weight excluding hydrogens is 174 g/mol. The van der Waals surface area contributed by atoms with Crippen LogP contribution in [0.1, 0.15) is 15.9 Å². The molecule has 0 aliphatic carbocycles. The average molecular weight is 185 g/mol. The third kappa shape index (κ3) is 1.25. The highest BCUT2D eigenvalue weighted by Gasteiger charge is 2.07. The summed E-state index contributed by atoms with van der Waals surface area (Å²) in [4.78, 5) is 11.2. The Balaban J connectivity index is 2.91. The third-order valence-electron chi connectivity index (χ3n) is 2.38. The molecule has 0 saturated heterocycles. The largest absolute Gasteiger partial charge is 0.366 e. The molecule has 0 heterocycles. The summed E-state index contributed by atoms with van der Waals surface area (Å²) in [6.45, 7) is 1.98. The summed E-state index contributed by atoms with van der Waals surface area (Å²) in [7, 11) is 0. The number of benzene rings is 2. The Bertz CT molecular complexity index is 497. The lowest BCUT2D eigenvalue weighted by atomic mass is 10.00. The maximum absolute atomic E-state index is 11.2. The summed E-state index contributed by atoms with van der Waals surface area (Å²) in [6.07, 6.45) is 0. The van der Waals surface area contributed by atoms with E-state index in [1.54, 1.807) is 6.07 Å². The molecule has 0 aromatic heterocycles. The zero-order chi connectivity index (χ0) is 10.1. The van der Waals surface area contributed by atoms with Crippen LogP contribution in [0.4, 0.5) is 0 Å². The highest BCUT2D eigenvalue weighted by atomic mass is 16.1. The topological polar surface area (TPSA) is 43.1 Å². The molecule has 0 saturated carbocycles. The highest BCUT2D eigenvalue weighted by molar-refractivity contribution is 6.07. The molecule has 14 heavy (non-hydrogen) atoms. The van der Waals surface area contributed by atoms with Crippen molar-refractivity contribution in [1.82, 2.24) is 0 Å². The molecule has 2 N–H and O–H groups in total. The van der Waals surface area contributed by atoms with Crippen molar-refractivity contribution in [3.05, 3.63) is 47.5 Å². The fourth-order valence-electron chi connectivity index (χ4n) is 1.73. The molecule has 0 aliphatic rings. The van der Waals surface area contributed by atoms with Crippen LogP contribution < -0.4 is 5.73 Å². The van der Waals surface area contributed by atoms with E-state index in [0.717, 1.165) is 16.3 Å². The standard InChI is InChI=1S/C12H11NO/c1-8-4-2-5-9-6-3-7-10(11(8)9)12(13)14/h2-7H,1H3,(H2,13,14). The molecule has 0 unspecified atom stereocenters. The minimum Gasteiger partial charge on any atom is -0.366 e. The van der Waals surface area contributed by atoms with Gasteiger partial charge in [0.25, 0.3) is 0 Å². The lowest BCUT2D eigenvalue weighted by Crippen LogP contribution is -2.11. The van der Waals surface area contributed by atoms with E-state index in [0.29, 0.717) is 5.56 Å². The average Bonchev–Trinajstić information content (AvgIpc) is 2.17. The molecule has 0 spiro atoms. The van der Waals surface area contributed by atoms with Gasteiger partial charge in [-0.1, -0.05) is 30.3 Å². The number of aryl methyl sites for hydroxylation is 1. The first kappa shape index (κ1) is 8.75. The minimum atomic E-state index is -0.370. The van der Waals surface area contributed by atoms with Crippen LogP contribution in [0.25, 0.3) is 10.8 Å². The molecule has 0 radical (unpaired) electrons. The number of carbonyl (C=O) groups excluding carboxylic acids is 1. The van der Waals surface area contributed by atoms with Crippen molar-refractivity contribution in [3.63, 3.8) is 0 Å². The minimum absolute atomic E-state index is 0.370. The molecule has 2 rings (SSSR count). The lowest BCUT2D eigenvalue weighted by Gasteiger charge is -2.05. The summed E-state index contributed by atoms with van der Waals surface area (Å²) >= 11 is 0. The second-order valence-electron chi connectivity index (χ2n) is 3.34. The summed E-state index contributed by atoms with van der Waals surface area (Å²) in [5, 5.41) is 2.02. The smallest absolute Gasteiger partial charge is 0.249 e. The molecular formula is C12H11NO. The van der Waals surface area contributed by atoms with Crippen molar-refractivity contribution in [1.29, 1.82) is 0 Å². The Kier molecular flexibility index (Phi) is 1.97. The van der Waals surface area contributed by atoms with E-state index < -0.39 is 0 Å². The van der Waals surface area contributed by atoms with Crippen LogP contribution >= 0.6 is 0 Å². The molecule has 2 aromatic carbocycles. The van der Waals surface area contributed by atoms with E-state index in [2.05, 4.69) is 0 Å². The van der Waals surface area contributed by atoms with Crippen molar-refractivity contribution in [3.8, 4) is 0 Å². The zero-order valence-corrected chi connectivity index (χ0v) is 7.95. The highest BCUT2D eigenvalue weighted by Crippen LogP contribution is 2.21. The van der Waals surface area contributed by atoms with Gasteiger partial charge >= 0.3 is 0 Å². The van der Waals surface area contributed by atoms with E-state index in [9.17, 15) is 4.79 Å². The van der Waals surface area contributed by atoms with Crippen LogP contribution in [-0.2, 0) is 0 Å². The lowest BCUT2D eigenvalue weighted by molar-refractivity contribution is 0.100. The molecule has 0 bridgehead atoms. The van der Waals surface area contributed by atoms with Crippen molar-refractivity contribution in [2.75, 3.05) is 0 Å². The van der Waals surface area contributed by atoms with Gasteiger partial charge in [-0.15, -0.1) is 0 Å². The van der Waals surface area contributed by atoms with E-state index in [4.69, 9.17) is 5.73 Å². The van der Waals surface area contributed by atoms with E-state index in [1.807, 2.05) is 37.3 Å². The van der Waals surface area contributed by atoms with Gasteiger partial charge in [0.15, 0.2) is 0 Å². The van der Waals surface area contributed by atoms with Gasteiger partial charge in [-0.25, -0.2) is 0 Å². The summed E-state index contributed by atoms with van der Waals surface area (Å²) in [5.74, 6) is -0.370. The van der Waals surface area contributed by atoms with Gasteiger partial charge in [0.05, 0.1) is 0 Å². The molecule has 1 amide bonds. The second-order valence-corrected chi connectivity index (χ2v) is 3.34. The monoisotopic (exact) mass is 185 g/mol. The summed E-state index contributed by atoms with van der Waals surface area (Å²) in [6, 6.07) is 11.5. The van der Waals surface area contributed by atoms with Gasteiger partial charge in [-0.2, -0.15) is 0 Å². The number of rotatable bonds is 1. The number of amides is 1. The van der Waals surface area contributed by atoms with Gasteiger partial charge < -0.3 is 5.73 Å². The number of primary amides is 1. The predicted octanol–water partition coefficient (Wildman–Crippen LogP) is 2.25. The number of nitrogens with two attached hydrogens (primary N) is 1. The number of hydrogen-bond acceptors (Lipinski definition) is 1. The van der Waals surface area contributed by atoms with E-state index in [1.165, 1.54) is 0 Å². The van der Waals surface area contributed by atoms with Gasteiger partial charge in [0.1, 0.15) is 0 Å². The molecule has 0 atom stereocenters. The number of fused-ring (bicyclic) bond motifs is 1. The first-order chi connectivity index (χ1) is 6.70. The second kappa shape index (κ2) is 3.14. The molecule has 0 aliphatic heterocycles. The maximum atomic E-state index is 11.2. The van der Waals surface area contributed by atoms with Crippen LogP contribution in [0, 0.1) is 6.92 Å². The zero-order valence-electron chi connectivity index (χ0n) is 7.95. The van der Waals surface area contributed by atoms with Gasteiger partial charge in [0, 0.05) is 5.56 Å².